The monoisotopic (exact) mass is 291 g/mol. The van der Waals surface area contributed by atoms with Crippen molar-refractivity contribution in [3.63, 3.8) is 0 Å². The first-order chi connectivity index (χ1) is 8.86. The van der Waals surface area contributed by atoms with E-state index in [1.807, 2.05) is 6.92 Å². The fourth-order valence-corrected chi connectivity index (χ4v) is 2.45. The molecule has 0 saturated carbocycles. The van der Waals surface area contributed by atoms with E-state index in [9.17, 15) is 13.2 Å². The zero-order chi connectivity index (χ0) is 14.2. The summed E-state index contributed by atoms with van der Waals surface area (Å²) in [5, 5.41) is 0.435. The number of unbranched alkanes of at least 4 members (excludes halogenated alkanes) is 1. The summed E-state index contributed by atoms with van der Waals surface area (Å²) in [6.45, 7) is 2.31. The smallest absolute Gasteiger partial charge is 0.222 e. The normalized spacial score (nSPS) is 12.3. The summed E-state index contributed by atoms with van der Waals surface area (Å²) in [4.78, 5) is 0. The molecule has 0 N–H and O–H groups in total. The highest BCUT2D eigenvalue weighted by atomic mass is 35.5. The second-order valence-corrected chi connectivity index (χ2v) is 4.96. The van der Waals surface area contributed by atoms with Gasteiger partial charge in [0, 0.05) is 11.1 Å². The van der Waals surface area contributed by atoms with Crippen LogP contribution < -0.4 is 4.57 Å². The number of aromatic nitrogens is 2. The van der Waals surface area contributed by atoms with E-state index >= 15 is 0 Å². The van der Waals surface area contributed by atoms with Crippen molar-refractivity contribution in [2.75, 3.05) is 0 Å². The van der Waals surface area contributed by atoms with E-state index < -0.39 is 12.0 Å². The highest BCUT2D eigenvalue weighted by molar-refractivity contribution is 6.31. The molecule has 104 valence electrons. The molecule has 0 radical (unpaired) electrons. The van der Waals surface area contributed by atoms with Gasteiger partial charge in [-0.25, -0.2) is 9.13 Å². The number of hydrogen-bond acceptors (Lipinski definition) is 0. The highest BCUT2D eigenvalue weighted by Crippen LogP contribution is 2.30. The fraction of sp³-hybridized carbons (Fsp3) is 0.462. The lowest BCUT2D eigenvalue weighted by Gasteiger charge is -2.05. The number of alkyl halides is 3. The van der Waals surface area contributed by atoms with Gasteiger partial charge >= 0.3 is 12.0 Å². The van der Waals surface area contributed by atoms with Gasteiger partial charge in [-0.3, -0.25) is 0 Å². The first-order valence-electron chi connectivity index (χ1n) is 6.11. The number of halogens is 4. The van der Waals surface area contributed by atoms with Crippen molar-refractivity contribution >= 4 is 22.6 Å². The fourth-order valence-electron chi connectivity index (χ4n) is 2.29. The van der Waals surface area contributed by atoms with Crippen LogP contribution in [0.5, 0.6) is 0 Å². The molecule has 6 heteroatoms. The minimum absolute atomic E-state index is 0.352. The second-order valence-electron chi connectivity index (χ2n) is 4.52. The maximum atomic E-state index is 13.2. The lowest BCUT2D eigenvalue weighted by Crippen LogP contribution is -2.42. The van der Waals surface area contributed by atoms with Gasteiger partial charge in [0.1, 0.15) is 0 Å². The van der Waals surface area contributed by atoms with E-state index in [4.69, 9.17) is 11.6 Å². The zero-order valence-corrected chi connectivity index (χ0v) is 11.5. The topological polar surface area (TPSA) is 8.81 Å². The minimum Gasteiger partial charge on any atom is -0.222 e. The van der Waals surface area contributed by atoms with Gasteiger partial charge in [-0.1, -0.05) is 24.9 Å². The quantitative estimate of drug-likeness (QED) is 0.758. The molecule has 1 aromatic carbocycles. The molecule has 0 amide bonds. The Balaban J connectivity index is 2.73. The van der Waals surface area contributed by atoms with Crippen LogP contribution in [0.2, 0.25) is 5.02 Å². The Morgan fingerprint density at radius 1 is 1.32 bits per heavy atom. The Labute approximate surface area is 114 Å². The Hall–Kier alpha value is -1.23. The van der Waals surface area contributed by atoms with Gasteiger partial charge in [-0.2, -0.15) is 13.2 Å². The third kappa shape index (κ3) is 2.56. The highest BCUT2D eigenvalue weighted by Gasteiger charge is 2.46. The summed E-state index contributed by atoms with van der Waals surface area (Å²) < 4.78 is 42.1. The second kappa shape index (κ2) is 5.04. The Morgan fingerprint density at radius 2 is 2.00 bits per heavy atom. The van der Waals surface area contributed by atoms with E-state index in [1.54, 1.807) is 18.2 Å². The Bertz CT molecular complexity index is 602. The van der Waals surface area contributed by atoms with E-state index in [2.05, 4.69) is 0 Å². The third-order valence-electron chi connectivity index (χ3n) is 3.15. The van der Waals surface area contributed by atoms with E-state index in [0.29, 0.717) is 29.0 Å². The first-order valence-corrected chi connectivity index (χ1v) is 6.49. The lowest BCUT2D eigenvalue weighted by atomic mass is 10.3. The van der Waals surface area contributed by atoms with E-state index in [0.717, 1.165) is 11.0 Å². The summed E-state index contributed by atoms with van der Waals surface area (Å²) in [7, 11) is 1.42. The molecule has 2 aromatic rings. The van der Waals surface area contributed by atoms with Crippen molar-refractivity contribution in [1.29, 1.82) is 0 Å². The molecule has 19 heavy (non-hydrogen) atoms. The molecule has 2 rings (SSSR count). The van der Waals surface area contributed by atoms with Crippen LogP contribution in [0, 0.1) is 0 Å². The van der Waals surface area contributed by atoms with Crippen LogP contribution in [0.15, 0.2) is 18.2 Å². The lowest BCUT2D eigenvalue weighted by molar-refractivity contribution is -0.692. The van der Waals surface area contributed by atoms with Gasteiger partial charge in [0.05, 0.1) is 13.6 Å². The molecule has 0 bridgehead atoms. The molecular weight excluding hydrogens is 277 g/mol. The van der Waals surface area contributed by atoms with Crippen LogP contribution in [0.1, 0.15) is 25.6 Å². The molecule has 0 aliphatic carbocycles. The van der Waals surface area contributed by atoms with Gasteiger partial charge in [-0.05, 0) is 18.6 Å². The Morgan fingerprint density at radius 3 is 2.58 bits per heavy atom. The van der Waals surface area contributed by atoms with Crippen LogP contribution >= 0.6 is 11.6 Å². The SMILES string of the molecule is CCCC[n+]1c(C(F)(F)F)n(C)c2cc(Cl)ccc21. The number of imidazole rings is 1. The maximum absolute atomic E-state index is 13.2. The number of nitrogens with zero attached hydrogens (tertiary/aromatic N) is 2. The molecule has 1 aromatic heterocycles. The predicted molar refractivity (Wildman–Crippen MR) is 68.0 cm³/mol. The molecule has 0 saturated heterocycles. The first kappa shape index (κ1) is 14.2. The van der Waals surface area contributed by atoms with Crippen molar-refractivity contribution in [1.82, 2.24) is 4.57 Å². The van der Waals surface area contributed by atoms with Gasteiger partial charge in [0.15, 0.2) is 11.0 Å². The molecule has 0 aliphatic heterocycles. The third-order valence-corrected chi connectivity index (χ3v) is 3.39. The molecular formula is C13H15ClF3N2+. The summed E-state index contributed by atoms with van der Waals surface area (Å²) in [6, 6.07) is 4.82. The molecule has 0 fully saturated rings. The zero-order valence-electron chi connectivity index (χ0n) is 10.8. The average molecular weight is 292 g/mol. The summed E-state index contributed by atoms with van der Waals surface area (Å²) in [5.41, 5.74) is 1.06. The number of benzene rings is 1. The number of rotatable bonds is 3. The molecule has 0 aliphatic rings. The van der Waals surface area contributed by atoms with E-state index in [-0.39, 0.29) is 0 Å². The Kier molecular flexibility index (Phi) is 3.76. The van der Waals surface area contributed by atoms with Gasteiger partial charge in [0.2, 0.25) is 0 Å². The van der Waals surface area contributed by atoms with Crippen molar-refractivity contribution in [3.8, 4) is 0 Å². The van der Waals surface area contributed by atoms with Gasteiger partial charge in [-0.15, -0.1) is 0 Å². The molecule has 0 unspecified atom stereocenters. The van der Waals surface area contributed by atoms with Crippen molar-refractivity contribution in [3.05, 3.63) is 29.0 Å². The summed E-state index contributed by atoms with van der Waals surface area (Å²) in [6.07, 6.45) is -2.84. The molecule has 0 atom stereocenters. The van der Waals surface area contributed by atoms with Crippen LogP contribution in [0.25, 0.3) is 11.0 Å². The van der Waals surface area contributed by atoms with Crippen LogP contribution in [0.4, 0.5) is 13.2 Å². The molecule has 1 heterocycles. The summed E-state index contributed by atoms with van der Waals surface area (Å²) >= 11 is 5.87. The number of aryl methyl sites for hydroxylation is 2. The van der Waals surface area contributed by atoms with Gasteiger partial charge in [0.25, 0.3) is 0 Å². The van der Waals surface area contributed by atoms with Crippen LogP contribution in [0.3, 0.4) is 0 Å². The van der Waals surface area contributed by atoms with Crippen molar-refractivity contribution in [2.24, 2.45) is 7.05 Å². The van der Waals surface area contributed by atoms with Crippen LogP contribution in [-0.2, 0) is 19.8 Å². The minimum atomic E-state index is -4.38. The van der Waals surface area contributed by atoms with Gasteiger partial charge < -0.3 is 0 Å². The average Bonchev–Trinajstić information content (AvgIpc) is 2.59. The summed E-state index contributed by atoms with van der Waals surface area (Å²) in [5.74, 6) is -0.641. The number of hydrogen-bond donors (Lipinski definition) is 0. The largest absolute Gasteiger partial charge is 0.495 e. The van der Waals surface area contributed by atoms with Crippen molar-refractivity contribution < 1.29 is 17.7 Å². The molecule has 0 spiro atoms. The van der Waals surface area contributed by atoms with Crippen molar-refractivity contribution in [2.45, 2.75) is 32.5 Å². The number of fused-ring (bicyclic) bond motifs is 1. The maximum Gasteiger partial charge on any atom is 0.495 e. The van der Waals surface area contributed by atoms with Crippen LogP contribution in [-0.4, -0.2) is 4.57 Å². The molecule has 2 nitrogen and oxygen atoms in total. The standard InChI is InChI=1S/C13H15ClF3N2/c1-3-4-7-19-10-6-5-9(14)8-11(10)18(2)12(19)13(15,16)17/h5-6,8H,3-4,7H2,1-2H3/q+1. The van der Waals surface area contributed by atoms with E-state index in [1.165, 1.54) is 11.6 Å². The predicted octanol–water partition coefficient (Wildman–Crippen LogP) is 3.94.